The van der Waals surface area contributed by atoms with E-state index in [4.69, 9.17) is 6.42 Å². The van der Waals surface area contributed by atoms with Crippen LogP contribution < -0.4 is 0 Å². The fourth-order valence-corrected chi connectivity index (χ4v) is 1.38. The molecule has 0 amide bonds. The number of aromatic nitrogens is 2. The highest BCUT2D eigenvalue weighted by atomic mass is 15.2. The highest BCUT2D eigenvalue weighted by molar-refractivity contribution is 5.56. The monoisotopic (exact) mass is 170 g/mol. The lowest BCUT2D eigenvalue weighted by atomic mass is 10.0. The summed E-state index contributed by atoms with van der Waals surface area (Å²) in [4.78, 5) is 0. The van der Waals surface area contributed by atoms with E-state index >= 15 is 0 Å². The van der Waals surface area contributed by atoms with Crippen LogP contribution in [0.5, 0.6) is 0 Å². The molecule has 2 aromatic heterocycles. The Morgan fingerprint density at radius 2 is 2.38 bits per heavy atom. The number of terminal acetylenes is 1. The maximum Gasteiger partial charge on any atom is 0.0706 e. The Labute approximate surface area is 77.2 Å². The SMILES string of the molecule is C#CC(C)c1cnn2ccccc12. The van der Waals surface area contributed by atoms with Crippen molar-refractivity contribution >= 4 is 5.52 Å². The smallest absolute Gasteiger partial charge is 0.0706 e. The average Bonchev–Trinajstić information content (AvgIpc) is 2.60. The van der Waals surface area contributed by atoms with Gasteiger partial charge in [-0.25, -0.2) is 4.52 Å². The summed E-state index contributed by atoms with van der Waals surface area (Å²) < 4.78 is 1.84. The number of nitrogens with zero attached hydrogens (tertiary/aromatic N) is 2. The number of fused-ring (bicyclic) bond motifs is 1. The van der Waals surface area contributed by atoms with Gasteiger partial charge in [0.2, 0.25) is 0 Å². The Balaban J connectivity index is 2.66. The minimum atomic E-state index is 0.125. The number of rotatable bonds is 1. The molecule has 0 saturated carbocycles. The molecule has 0 aliphatic heterocycles. The molecular formula is C11H10N2. The minimum Gasteiger partial charge on any atom is -0.241 e. The van der Waals surface area contributed by atoms with Crippen LogP contribution in [0.3, 0.4) is 0 Å². The predicted molar refractivity (Wildman–Crippen MR) is 52.4 cm³/mol. The van der Waals surface area contributed by atoms with Crippen molar-refractivity contribution in [2.75, 3.05) is 0 Å². The second-order valence-corrected chi connectivity index (χ2v) is 3.02. The van der Waals surface area contributed by atoms with Gasteiger partial charge in [-0.05, 0) is 19.1 Å². The lowest BCUT2D eigenvalue weighted by molar-refractivity contribution is 0.961. The third-order valence-corrected chi connectivity index (χ3v) is 2.17. The molecule has 2 heteroatoms. The van der Waals surface area contributed by atoms with E-state index in [-0.39, 0.29) is 5.92 Å². The minimum absolute atomic E-state index is 0.125. The van der Waals surface area contributed by atoms with Gasteiger partial charge in [0.05, 0.1) is 11.7 Å². The Hall–Kier alpha value is -1.75. The molecule has 0 N–H and O–H groups in total. The average molecular weight is 170 g/mol. The van der Waals surface area contributed by atoms with E-state index in [9.17, 15) is 0 Å². The topological polar surface area (TPSA) is 17.3 Å². The summed E-state index contributed by atoms with van der Waals surface area (Å²) in [6.07, 6.45) is 9.12. The van der Waals surface area contributed by atoms with Gasteiger partial charge in [-0.1, -0.05) is 12.0 Å². The van der Waals surface area contributed by atoms with Crippen molar-refractivity contribution in [2.45, 2.75) is 12.8 Å². The maximum absolute atomic E-state index is 5.37. The van der Waals surface area contributed by atoms with Crippen LogP contribution in [-0.4, -0.2) is 9.61 Å². The van der Waals surface area contributed by atoms with Crippen LogP contribution in [0, 0.1) is 12.3 Å². The van der Waals surface area contributed by atoms with Gasteiger partial charge in [0.1, 0.15) is 0 Å². The molecule has 0 aliphatic carbocycles. The zero-order valence-electron chi connectivity index (χ0n) is 7.44. The Morgan fingerprint density at radius 1 is 1.54 bits per heavy atom. The normalized spacial score (nSPS) is 12.6. The molecule has 0 aliphatic rings. The van der Waals surface area contributed by atoms with Crippen LogP contribution in [0.2, 0.25) is 0 Å². The molecule has 2 aromatic rings. The molecule has 1 atom stereocenters. The zero-order valence-corrected chi connectivity index (χ0v) is 7.44. The summed E-state index contributed by atoms with van der Waals surface area (Å²) in [7, 11) is 0. The molecule has 0 spiro atoms. The first-order valence-electron chi connectivity index (χ1n) is 4.21. The van der Waals surface area contributed by atoms with Crippen LogP contribution in [0.15, 0.2) is 30.6 Å². The maximum atomic E-state index is 5.37. The van der Waals surface area contributed by atoms with Crippen LogP contribution in [0.1, 0.15) is 18.4 Å². The van der Waals surface area contributed by atoms with Crippen LogP contribution in [-0.2, 0) is 0 Å². The zero-order chi connectivity index (χ0) is 9.26. The van der Waals surface area contributed by atoms with Crippen molar-refractivity contribution in [3.8, 4) is 12.3 Å². The summed E-state index contributed by atoms with van der Waals surface area (Å²) >= 11 is 0. The second kappa shape index (κ2) is 2.95. The van der Waals surface area contributed by atoms with E-state index in [1.807, 2.05) is 42.0 Å². The van der Waals surface area contributed by atoms with Crippen molar-refractivity contribution in [1.82, 2.24) is 9.61 Å². The third-order valence-electron chi connectivity index (χ3n) is 2.17. The predicted octanol–water partition coefficient (Wildman–Crippen LogP) is 2.07. The van der Waals surface area contributed by atoms with Crippen molar-refractivity contribution < 1.29 is 0 Å². The fourth-order valence-electron chi connectivity index (χ4n) is 1.38. The molecule has 2 rings (SSSR count). The van der Waals surface area contributed by atoms with E-state index < -0.39 is 0 Å². The van der Waals surface area contributed by atoms with Crippen LogP contribution in [0.25, 0.3) is 5.52 Å². The van der Waals surface area contributed by atoms with E-state index in [1.54, 1.807) is 0 Å². The molecule has 13 heavy (non-hydrogen) atoms. The van der Waals surface area contributed by atoms with Gasteiger partial charge < -0.3 is 0 Å². The standard InChI is InChI=1S/C11H10N2/c1-3-9(2)10-8-12-13-7-5-4-6-11(10)13/h1,4-9H,2H3. The van der Waals surface area contributed by atoms with Gasteiger partial charge >= 0.3 is 0 Å². The Kier molecular flexibility index (Phi) is 1.79. The van der Waals surface area contributed by atoms with Crippen LogP contribution >= 0.6 is 0 Å². The highest BCUT2D eigenvalue weighted by Gasteiger charge is 2.07. The van der Waals surface area contributed by atoms with Gasteiger partial charge in [0.25, 0.3) is 0 Å². The molecule has 0 radical (unpaired) electrons. The van der Waals surface area contributed by atoms with E-state index in [2.05, 4.69) is 11.0 Å². The van der Waals surface area contributed by atoms with Gasteiger partial charge in [-0.2, -0.15) is 5.10 Å². The molecular weight excluding hydrogens is 160 g/mol. The Morgan fingerprint density at radius 3 is 3.15 bits per heavy atom. The molecule has 0 aromatic carbocycles. The van der Waals surface area contributed by atoms with Crippen molar-refractivity contribution in [1.29, 1.82) is 0 Å². The van der Waals surface area contributed by atoms with Crippen LogP contribution in [0.4, 0.5) is 0 Å². The summed E-state index contributed by atoms with van der Waals surface area (Å²) in [5.74, 6) is 2.83. The van der Waals surface area contributed by atoms with Gasteiger partial charge in [-0.15, -0.1) is 6.42 Å². The second-order valence-electron chi connectivity index (χ2n) is 3.02. The molecule has 64 valence electrons. The Bertz CT molecular complexity index is 462. The van der Waals surface area contributed by atoms with E-state index in [0.717, 1.165) is 11.1 Å². The fraction of sp³-hybridized carbons (Fsp3) is 0.182. The summed E-state index contributed by atoms with van der Waals surface area (Å²) in [5, 5.41) is 4.21. The lowest BCUT2D eigenvalue weighted by Crippen LogP contribution is -1.88. The largest absolute Gasteiger partial charge is 0.241 e. The van der Waals surface area contributed by atoms with Gasteiger partial charge in [-0.3, -0.25) is 0 Å². The number of pyridine rings is 1. The molecule has 0 saturated heterocycles. The van der Waals surface area contributed by atoms with E-state index in [0.29, 0.717) is 0 Å². The summed E-state index contributed by atoms with van der Waals surface area (Å²) in [5.41, 5.74) is 2.20. The quantitative estimate of drug-likeness (QED) is 0.599. The number of hydrogen-bond acceptors (Lipinski definition) is 1. The first-order chi connectivity index (χ1) is 6.33. The van der Waals surface area contributed by atoms with Crippen molar-refractivity contribution in [2.24, 2.45) is 0 Å². The van der Waals surface area contributed by atoms with Crippen molar-refractivity contribution in [3.05, 3.63) is 36.2 Å². The molecule has 0 fully saturated rings. The molecule has 2 nitrogen and oxygen atoms in total. The molecule has 0 bridgehead atoms. The third kappa shape index (κ3) is 1.19. The summed E-state index contributed by atoms with van der Waals surface area (Å²) in [6.45, 7) is 2.00. The lowest BCUT2D eigenvalue weighted by Gasteiger charge is -2.00. The molecule has 1 unspecified atom stereocenters. The number of hydrogen-bond donors (Lipinski definition) is 0. The molecule has 2 heterocycles. The van der Waals surface area contributed by atoms with Gasteiger partial charge in [0.15, 0.2) is 0 Å². The first-order valence-corrected chi connectivity index (χ1v) is 4.21. The van der Waals surface area contributed by atoms with Gasteiger partial charge in [0, 0.05) is 17.7 Å². The highest BCUT2D eigenvalue weighted by Crippen LogP contribution is 2.19. The van der Waals surface area contributed by atoms with Crippen molar-refractivity contribution in [3.63, 3.8) is 0 Å². The first kappa shape index (κ1) is 7.88. The van der Waals surface area contributed by atoms with E-state index in [1.165, 1.54) is 0 Å². The summed E-state index contributed by atoms with van der Waals surface area (Å²) in [6, 6.07) is 5.96.